The summed E-state index contributed by atoms with van der Waals surface area (Å²) in [5.41, 5.74) is 1.90. The van der Waals surface area contributed by atoms with Crippen LogP contribution in [0.1, 0.15) is 25.5 Å². The van der Waals surface area contributed by atoms with Crippen LogP contribution < -0.4 is 15.4 Å². The van der Waals surface area contributed by atoms with Crippen LogP contribution in [-0.2, 0) is 4.79 Å². The van der Waals surface area contributed by atoms with Crippen LogP contribution in [0.4, 0.5) is 10.8 Å². The first-order valence-electron chi connectivity index (χ1n) is 6.89. The lowest BCUT2D eigenvalue weighted by Crippen LogP contribution is -2.41. The number of amides is 1. The lowest BCUT2D eigenvalue weighted by molar-refractivity contribution is -0.122. The summed E-state index contributed by atoms with van der Waals surface area (Å²) in [5.74, 6) is 0.874. The van der Waals surface area contributed by atoms with E-state index in [0.29, 0.717) is 23.3 Å². The second-order valence-corrected chi connectivity index (χ2v) is 6.06. The van der Waals surface area contributed by atoms with Crippen molar-refractivity contribution in [1.82, 2.24) is 4.98 Å². The summed E-state index contributed by atoms with van der Waals surface area (Å²) in [7, 11) is 0. The highest BCUT2D eigenvalue weighted by molar-refractivity contribution is 7.13. The van der Waals surface area contributed by atoms with Crippen LogP contribution in [0.3, 0.4) is 0 Å². The molecule has 1 aliphatic rings. The number of hydrogen-bond donors (Lipinski definition) is 2. The first kappa shape index (κ1) is 13.9. The molecule has 3 rings (SSSR count). The average Bonchev–Trinajstić information content (AvgIpc) is 2.95. The Kier molecular flexibility index (Phi) is 3.79. The fourth-order valence-electron chi connectivity index (χ4n) is 2.05. The van der Waals surface area contributed by atoms with Gasteiger partial charge in [-0.25, -0.2) is 4.98 Å². The molecule has 110 valence electrons. The van der Waals surface area contributed by atoms with Gasteiger partial charge in [0.25, 0.3) is 5.91 Å². The highest BCUT2D eigenvalue weighted by Crippen LogP contribution is 2.29. The number of para-hydroxylation sites is 2. The van der Waals surface area contributed by atoms with E-state index in [2.05, 4.69) is 29.5 Å². The summed E-state index contributed by atoms with van der Waals surface area (Å²) in [5, 5.41) is 8.61. The smallest absolute Gasteiger partial charge is 0.269 e. The lowest BCUT2D eigenvalue weighted by Gasteiger charge is -2.26. The van der Waals surface area contributed by atoms with Gasteiger partial charge in [-0.15, -0.1) is 11.3 Å². The standard InChI is InChI=1S/C15H17N3O2S/c1-9(2)11-8-21-15(17-11)18-14(19)13-7-16-10-5-3-4-6-12(10)20-13/h3-6,8-9,13,16H,7H2,1-2H3,(H,17,18,19). The van der Waals surface area contributed by atoms with Crippen molar-refractivity contribution in [3.8, 4) is 5.75 Å². The summed E-state index contributed by atoms with van der Waals surface area (Å²) in [6.07, 6.45) is -0.550. The number of hydrogen-bond acceptors (Lipinski definition) is 5. The number of benzene rings is 1. The molecular weight excluding hydrogens is 286 g/mol. The number of carbonyl (C=O) groups is 1. The van der Waals surface area contributed by atoms with E-state index in [4.69, 9.17) is 4.74 Å². The van der Waals surface area contributed by atoms with Gasteiger partial charge in [0.15, 0.2) is 11.2 Å². The topological polar surface area (TPSA) is 63.2 Å². The summed E-state index contributed by atoms with van der Waals surface area (Å²) in [6.45, 7) is 4.60. The Bertz CT molecular complexity index is 654. The summed E-state index contributed by atoms with van der Waals surface area (Å²) >= 11 is 1.44. The highest BCUT2D eigenvalue weighted by Gasteiger charge is 2.26. The van der Waals surface area contributed by atoms with E-state index >= 15 is 0 Å². The SMILES string of the molecule is CC(C)c1csc(NC(=O)C2CNc3ccccc3O2)n1. The molecule has 2 heterocycles. The molecule has 0 radical (unpaired) electrons. The van der Waals surface area contributed by atoms with Crippen LogP contribution in [0.2, 0.25) is 0 Å². The molecule has 5 nitrogen and oxygen atoms in total. The maximum atomic E-state index is 12.2. The molecule has 0 saturated heterocycles. The number of aromatic nitrogens is 1. The van der Waals surface area contributed by atoms with Crippen LogP contribution >= 0.6 is 11.3 Å². The molecule has 1 aromatic heterocycles. The largest absolute Gasteiger partial charge is 0.477 e. The van der Waals surface area contributed by atoms with Gasteiger partial charge in [0.1, 0.15) is 5.75 Å². The van der Waals surface area contributed by atoms with Gasteiger partial charge in [-0.2, -0.15) is 0 Å². The Balaban J connectivity index is 1.66. The molecule has 2 N–H and O–H groups in total. The van der Waals surface area contributed by atoms with Crippen molar-refractivity contribution in [1.29, 1.82) is 0 Å². The first-order valence-corrected chi connectivity index (χ1v) is 7.77. The number of carbonyl (C=O) groups excluding carboxylic acids is 1. The minimum absolute atomic E-state index is 0.179. The molecule has 0 bridgehead atoms. The van der Waals surface area contributed by atoms with Crippen LogP contribution in [0.15, 0.2) is 29.6 Å². The third-order valence-electron chi connectivity index (χ3n) is 3.27. The molecule has 2 aromatic rings. The van der Waals surface area contributed by atoms with E-state index in [1.807, 2.05) is 29.6 Å². The summed E-state index contributed by atoms with van der Waals surface area (Å²) in [6, 6.07) is 7.59. The van der Waals surface area contributed by atoms with Gasteiger partial charge in [-0.05, 0) is 18.1 Å². The Labute approximate surface area is 127 Å². The summed E-state index contributed by atoms with van der Waals surface area (Å²) in [4.78, 5) is 16.6. The normalized spacial score (nSPS) is 16.8. The van der Waals surface area contributed by atoms with Gasteiger partial charge >= 0.3 is 0 Å². The highest BCUT2D eigenvalue weighted by atomic mass is 32.1. The van der Waals surface area contributed by atoms with Crippen molar-refractivity contribution >= 4 is 28.1 Å². The summed E-state index contributed by atoms with van der Waals surface area (Å²) < 4.78 is 5.72. The van der Waals surface area contributed by atoms with Crippen LogP contribution in [-0.4, -0.2) is 23.5 Å². The zero-order valence-corrected chi connectivity index (χ0v) is 12.7. The number of anilines is 2. The van der Waals surface area contributed by atoms with Crippen molar-refractivity contribution in [2.75, 3.05) is 17.2 Å². The molecule has 0 aliphatic carbocycles. The minimum atomic E-state index is -0.550. The van der Waals surface area contributed by atoms with Gasteiger partial charge < -0.3 is 10.1 Å². The number of nitrogens with zero attached hydrogens (tertiary/aromatic N) is 1. The zero-order chi connectivity index (χ0) is 14.8. The molecule has 6 heteroatoms. The second kappa shape index (κ2) is 5.73. The Morgan fingerprint density at radius 1 is 1.48 bits per heavy atom. The molecule has 0 saturated carbocycles. The molecule has 0 fully saturated rings. The van der Waals surface area contributed by atoms with E-state index < -0.39 is 6.10 Å². The fourth-order valence-corrected chi connectivity index (χ4v) is 2.93. The van der Waals surface area contributed by atoms with Crippen molar-refractivity contribution in [2.24, 2.45) is 0 Å². The third-order valence-corrected chi connectivity index (χ3v) is 4.05. The van der Waals surface area contributed by atoms with Crippen molar-refractivity contribution in [3.63, 3.8) is 0 Å². The van der Waals surface area contributed by atoms with Crippen molar-refractivity contribution in [3.05, 3.63) is 35.3 Å². The number of thiazole rings is 1. The van der Waals surface area contributed by atoms with Gasteiger partial charge in [0, 0.05) is 5.38 Å². The predicted octanol–water partition coefficient (Wildman–Crippen LogP) is 3.08. The molecule has 0 spiro atoms. The first-order chi connectivity index (χ1) is 10.1. The Hall–Kier alpha value is -2.08. The Morgan fingerprint density at radius 2 is 2.29 bits per heavy atom. The van der Waals surface area contributed by atoms with Crippen molar-refractivity contribution < 1.29 is 9.53 Å². The van der Waals surface area contributed by atoms with Gasteiger partial charge in [-0.3, -0.25) is 10.1 Å². The van der Waals surface area contributed by atoms with Crippen LogP contribution in [0, 0.1) is 0 Å². The quantitative estimate of drug-likeness (QED) is 0.914. The van der Waals surface area contributed by atoms with E-state index in [-0.39, 0.29) is 5.91 Å². The second-order valence-electron chi connectivity index (χ2n) is 5.21. The molecule has 1 aliphatic heterocycles. The molecule has 1 aromatic carbocycles. The van der Waals surface area contributed by atoms with Gasteiger partial charge in [-0.1, -0.05) is 26.0 Å². The van der Waals surface area contributed by atoms with Gasteiger partial charge in [0.05, 0.1) is 17.9 Å². The lowest BCUT2D eigenvalue weighted by atomic mass is 10.2. The van der Waals surface area contributed by atoms with Crippen molar-refractivity contribution in [2.45, 2.75) is 25.9 Å². The monoisotopic (exact) mass is 303 g/mol. The Morgan fingerprint density at radius 3 is 3.05 bits per heavy atom. The van der Waals surface area contributed by atoms with E-state index in [0.717, 1.165) is 11.4 Å². The molecule has 1 unspecified atom stereocenters. The van der Waals surface area contributed by atoms with E-state index in [1.165, 1.54) is 11.3 Å². The van der Waals surface area contributed by atoms with Crippen LogP contribution in [0.5, 0.6) is 5.75 Å². The molecular formula is C15H17N3O2S. The van der Waals surface area contributed by atoms with E-state index in [9.17, 15) is 4.79 Å². The third kappa shape index (κ3) is 3.00. The molecule has 1 amide bonds. The number of fused-ring (bicyclic) bond motifs is 1. The maximum absolute atomic E-state index is 12.2. The molecule has 21 heavy (non-hydrogen) atoms. The fraction of sp³-hybridized carbons (Fsp3) is 0.333. The maximum Gasteiger partial charge on any atom is 0.269 e. The number of nitrogens with one attached hydrogen (secondary N) is 2. The molecule has 1 atom stereocenters. The number of rotatable bonds is 3. The van der Waals surface area contributed by atoms with Gasteiger partial charge in [0.2, 0.25) is 0 Å². The predicted molar refractivity (Wildman–Crippen MR) is 84.2 cm³/mol. The van der Waals surface area contributed by atoms with Crippen LogP contribution in [0.25, 0.3) is 0 Å². The zero-order valence-electron chi connectivity index (χ0n) is 11.9. The average molecular weight is 303 g/mol. The minimum Gasteiger partial charge on any atom is -0.477 e. The van der Waals surface area contributed by atoms with E-state index in [1.54, 1.807) is 0 Å². The number of ether oxygens (including phenoxy) is 1.